The molecule has 0 aliphatic rings. The number of benzene rings is 2. The van der Waals surface area contributed by atoms with E-state index in [1.807, 2.05) is 36.4 Å². The van der Waals surface area contributed by atoms with Crippen LogP contribution in [0.5, 0.6) is 23.0 Å². The number of methoxy groups -OCH3 is 2. The summed E-state index contributed by atoms with van der Waals surface area (Å²) in [7, 11) is 1.08. The van der Waals surface area contributed by atoms with E-state index < -0.39 is 14.5 Å². The van der Waals surface area contributed by atoms with Crippen LogP contribution < -0.4 is 18.9 Å². The molecular weight excluding hydrogens is 566 g/mol. The van der Waals surface area contributed by atoms with Gasteiger partial charge in [-0.1, -0.05) is 0 Å². The minimum atomic E-state index is -1.09. The van der Waals surface area contributed by atoms with Gasteiger partial charge in [-0.2, -0.15) is 0 Å². The van der Waals surface area contributed by atoms with E-state index in [4.69, 9.17) is 18.9 Å². The molecule has 0 atom stereocenters. The molecule has 8 heteroatoms. The molecule has 42 heavy (non-hydrogen) atoms. The molecule has 0 aliphatic carbocycles. The Balaban J connectivity index is 1.87. The van der Waals surface area contributed by atoms with Crippen molar-refractivity contribution in [2.24, 2.45) is 0 Å². The normalized spacial score (nSPS) is 12.9. The van der Waals surface area contributed by atoms with Crippen LogP contribution in [0.15, 0.2) is 48.6 Å². The number of hydrogen-bond donors (Lipinski definition) is 0. The van der Waals surface area contributed by atoms with Crippen LogP contribution >= 0.6 is 14.5 Å². The van der Waals surface area contributed by atoms with Crippen molar-refractivity contribution in [2.45, 2.75) is 25.7 Å². The summed E-state index contributed by atoms with van der Waals surface area (Å²) >= 11 is 0. The summed E-state index contributed by atoms with van der Waals surface area (Å²) in [6.45, 7) is 15.5. The molecule has 0 N–H and O–H groups in total. The maximum atomic E-state index is 12.4. The van der Waals surface area contributed by atoms with Crippen molar-refractivity contribution in [3.8, 4) is 23.0 Å². The first-order valence-electron chi connectivity index (χ1n) is 14.8. The first-order valence-corrected chi connectivity index (χ1v) is 22.2. The van der Waals surface area contributed by atoms with Gasteiger partial charge in [-0.05, 0) is 0 Å². The third-order valence-corrected chi connectivity index (χ3v) is 10.3. The first-order chi connectivity index (χ1) is 19.8. The molecule has 0 heterocycles. The van der Waals surface area contributed by atoms with Gasteiger partial charge in [0.2, 0.25) is 0 Å². The standard InChI is InChI=1S/C34H52O6P2/c1-37-33-24-27(14-18-31(33)39-20-9-10-22-41(3,4)5)12-16-29(35)26-30(36)17-13-28-15-19-32(34(25-28)38-2)40-21-11-23-42(6,7)8/h12-19,24-25,41-42H,9-11,20-23,26H2,1-8H3/b16-12+,17-13+. The van der Waals surface area contributed by atoms with E-state index in [-0.39, 0.29) is 18.0 Å². The van der Waals surface area contributed by atoms with Crippen LogP contribution in [0.25, 0.3) is 12.2 Å². The Bertz CT molecular complexity index is 1220. The molecule has 0 fully saturated rings. The fourth-order valence-electron chi connectivity index (χ4n) is 4.21. The number of hydrogen-bond acceptors (Lipinski definition) is 6. The molecule has 2 rings (SSSR count). The zero-order valence-electron chi connectivity index (χ0n) is 26.9. The van der Waals surface area contributed by atoms with E-state index in [0.717, 1.165) is 24.0 Å². The van der Waals surface area contributed by atoms with Gasteiger partial charge < -0.3 is 0 Å². The number of carbonyl (C=O) groups is 2. The van der Waals surface area contributed by atoms with Gasteiger partial charge in [0.25, 0.3) is 0 Å². The van der Waals surface area contributed by atoms with Gasteiger partial charge in [0.1, 0.15) is 0 Å². The van der Waals surface area contributed by atoms with Crippen molar-refractivity contribution in [1.29, 1.82) is 0 Å². The molecule has 0 aliphatic heterocycles. The Morgan fingerprint density at radius 1 is 0.619 bits per heavy atom. The third kappa shape index (κ3) is 14.5. The molecule has 0 amide bonds. The van der Waals surface area contributed by atoms with Gasteiger partial charge in [0, 0.05) is 0 Å². The minimum absolute atomic E-state index is 0.210. The van der Waals surface area contributed by atoms with E-state index in [2.05, 4.69) is 40.0 Å². The van der Waals surface area contributed by atoms with Crippen LogP contribution in [0.4, 0.5) is 0 Å². The Morgan fingerprint density at radius 2 is 1.05 bits per heavy atom. The van der Waals surface area contributed by atoms with E-state index >= 15 is 0 Å². The first kappa shape index (κ1) is 35.5. The summed E-state index contributed by atoms with van der Waals surface area (Å²) in [6, 6.07) is 11.1. The number of carbonyl (C=O) groups excluding carboxylic acids is 2. The van der Waals surface area contributed by atoms with Gasteiger partial charge in [0.15, 0.2) is 0 Å². The summed E-state index contributed by atoms with van der Waals surface area (Å²) in [5.74, 6) is 2.06. The summed E-state index contributed by atoms with van der Waals surface area (Å²) in [5.41, 5.74) is 1.59. The topological polar surface area (TPSA) is 71.1 Å². The van der Waals surface area contributed by atoms with Crippen molar-refractivity contribution < 1.29 is 28.5 Å². The fraction of sp³-hybridized carbons (Fsp3) is 0.471. The van der Waals surface area contributed by atoms with Crippen LogP contribution in [0.2, 0.25) is 0 Å². The second-order valence-corrected chi connectivity index (χ2v) is 24.2. The van der Waals surface area contributed by atoms with Gasteiger partial charge >= 0.3 is 250 Å². The molecule has 0 aromatic heterocycles. The number of rotatable bonds is 19. The van der Waals surface area contributed by atoms with E-state index in [1.165, 1.54) is 30.9 Å². The zero-order valence-corrected chi connectivity index (χ0v) is 28.9. The second-order valence-electron chi connectivity index (χ2n) is 13.0. The fourth-order valence-corrected chi connectivity index (χ4v) is 6.72. The molecule has 0 saturated carbocycles. The monoisotopic (exact) mass is 618 g/mol. The summed E-state index contributed by atoms with van der Waals surface area (Å²) in [5, 5.41) is 0. The quantitative estimate of drug-likeness (QED) is 0.0720. The molecule has 2 aromatic rings. The molecule has 234 valence electrons. The predicted molar refractivity (Wildman–Crippen MR) is 185 cm³/mol. The average molecular weight is 619 g/mol. The Labute approximate surface area is 254 Å². The number of unbranched alkanes of at least 4 members (excludes halogenated alkanes) is 1. The van der Waals surface area contributed by atoms with Crippen molar-refractivity contribution in [3.05, 3.63) is 59.7 Å². The Kier molecular flexibility index (Phi) is 14.7. The number of allylic oxidation sites excluding steroid dienone is 2. The summed E-state index contributed by atoms with van der Waals surface area (Å²) in [4.78, 5) is 24.9. The Hall–Kier alpha value is -2.68. The van der Waals surface area contributed by atoms with Crippen LogP contribution in [-0.2, 0) is 9.59 Å². The molecule has 0 saturated heterocycles. The number of ether oxygens (including phenoxy) is 4. The van der Waals surface area contributed by atoms with Crippen LogP contribution in [0.3, 0.4) is 0 Å². The molecule has 0 spiro atoms. The maximum absolute atomic E-state index is 12.4. The van der Waals surface area contributed by atoms with Crippen LogP contribution in [0.1, 0.15) is 36.8 Å². The van der Waals surface area contributed by atoms with Crippen molar-refractivity contribution >= 4 is 38.2 Å². The van der Waals surface area contributed by atoms with Gasteiger partial charge in [-0.3, -0.25) is 4.79 Å². The molecular formula is C34H52O6P2. The molecule has 0 bridgehead atoms. The second kappa shape index (κ2) is 17.4. The van der Waals surface area contributed by atoms with Crippen molar-refractivity contribution in [2.75, 3.05) is 79.7 Å². The van der Waals surface area contributed by atoms with Crippen molar-refractivity contribution in [3.63, 3.8) is 0 Å². The average Bonchev–Trinajstić information content (AvgIpc) is 2.92. The molecule has 0 radical (unpaired) electrons. The summed E-state index contributed by atoms with van der Waals surface area (Å²) in [6.07, 6.45) is 11.7. The van der Waals surface area contributed by atoms with Gasteiger partial charge in [0.05, 0.1) is 0 Å². The zero-order chi connectivity index (χ0) is 31.2. The van der Waals surface area contributed by atoms with E-state index in [9.17, 15) is 9.59 Å². The predicted octanol–water partition coefficient (Wildman–Crippen LogP) is 7.17. The molecule has 6 nitrogen and oxygen atoms in total. The van der Waals surface area contributed by atoms with E-state index in [0.29, 0.717) is 36.2 Å². The SMILES string of the molecule is COc1cc(/C=C/C(=O)CC(=O)/C=C/c2ccc(OCCC[PH](C)(C)C)c(OC)c2)ccc1OCCCC[PH](C)(C)C. The third-order valence-electron chi connectivity index (χ3n) is 6.55. The number of ketones is 2. The Morgan fingerprint density at radius 3 is 1.48 bits per heavy atom. The van der Waals surface area contributed by atoms with Crippen LogP contribution in [-0.4, -0.2) is 91.3 Å². The van der Waals surface area contributed by atoms with Gasteiger partial charge in [-0.25, -0.2) is 0 Å². The summed E-state index contributed by atoms with van der Waals surface area (Å²) < 4.78 is 22.8. The van der Waals surface area contributed by atoms with E-state index in [1.54, 1.807) is 26.4 Å². The van der Waals surface area contributed by atoms with Crippen LogP contribution in [0, 0.1) is 0 Å². The molecule has 2 aromatic carbocycles. The van der Waals surface area contributed by atoms with Gasteiger partial charge in [-0.15, -0.1) is 0 Å². The molecule has 0 unspecified atom stereocenters. The van der Waals surface area contributed by atoms with Crippen molar-refractivity contribution in [1.82, 2.24) is 0 Å².